The average Bonchev–Trinajstić information content (AvgIpc) is 2.90. The largest absolute Gasteiger partial charge is 0.342 e. The second kappa shape index (κ2) is 6.55. The standard InChI is InChI=1S/C15H22N2O/c1-13-6-2-3-7-14(13)8-9-16-12-15(18)17-10-4-5-11-17/h2-3,6-7,16H,4-5,8-12H2,1H3. The van der Waals surface area contributed by atoms with Crippen LogP contribution in [0.25, 0.3) is 0 Å². The Morgan fingerprint density at radius 1 is 1.28 bits per heavy atom. The van der Waals surface area contributed by atoms with Gasteiger partial charge in [-0.2, -0.15) is 0 Å². The molecule has 0 radical (unpaired) electrons. The minimum Gasteiger partial charge on any atom is -0.342 e. The number of carbonyl (C=O) groups is 1. The maximum Gasteiger partial charge on any atom is 0.236 e. The Morgan fingerprint density at radius 2 is 2.00 bits per heavy atom. The maximum atomic E-state index is 11.8. The zero-order valence-electron chi connectivity index (χ0n) is 11.1. The van der Waals surface area contributed by atoms with Gasteiger partial charge in [-0.25, -0.2) is 0 Å². The summed E-state index contributed by atoms with van der Waals surface area (Å²) in [5.74, 6) is 0.247. The van der Waals surface area contributed by atoms with Crippen LogP contribution in [0.4, 0.5) is 0 Å². The van der Waals surface area contributed by atoms with E-state index in [2.05, 4.69) is 36.5 Å². The van der Waals surface area contributed by atoms with Crippen LogP contribution >= 0.6 is 0 Å². The fourth-order valence-corrected chi connectivity index (χ4v) is 2.39. The molecular weight excluding hydrogens is 224 g/mol. The van der Waals surface area contributed by atoms with Crippen molar-refractivity contribution in [1.29, 1.82) is 0 Å². The zero-order chi connectivity index (χ0) is 12.8. The molecule has 2 rings (SSSR count). The van der Waals surface area contributed by atoms with E-state index < -0.39 is 0 Å². The molecule has 1 N–H and O–H groups in total. The third kappa shape index (κ3) is 3.57. The van der Waals surface area contributed by atoms with E-state index in [1.165, 1.54) is 11.1 Å². The van der Waals surface area contributed by atoms with Crippen molar-refractivity contribution in [3.63, 3.8) is 0 Å². The van der Waals surface area contributed by atoms with E-state index in [9.17, 15) is 4.79 Å². The van der Waals surface area contributed by atoms with Gasteiger partial charge in [0.25, 0.3) is 0 Å². The van der Waals surface area contributed by atoms with Crippen molar-refractivity contribution in [2.24, 2.45) is 0 Å². The van der Waals surface area contributed by atoms with E-state index in [1.807, 2.05) is 4.90 Å². The summed E-state index contributed by atoms with van der Waals surface area (Å²) in [5, 5.41) is 3.25. The van der Waals surface area contributed by atoms with Gasteiger partial charge in [-0.3, -0.25) is 4.79 Å². The summed E-state index contributed by atoms with van der Waals surface area (Å²) in [4.78, 5) is 13.7. The molecule has 0 atom stereocenters. The molecule has 1 fully saturated rings. The van der Waals surface area contributed by atoms with Gasteiger partial charge >= 0.3 is 0 Å². The Kier molecular flexibility index (Phi) is 4.76. The van der Waals surface area contributed by atoms with Crippen LogP contribution in [0.15, 0.2) is 24.3 Å². The first kappa shape index (κ1) is 13.1. The summed E-state index contributed by atoms with van der Waals surface area (Å²) in [6.45, 7) is 5.36. The second-order valence-electron chi connectivity index (χ2n) is 4.94. The molecule has 18 heavy (non-hydrogen) atoms. The molecule has 1 aliphatic heterocycles. The molecule has 1 aromatic rings. The lowest BCUT2D eigenvalue weighted by Crippen LogP contribution is -2.36. The Hall–Kier alpha value is -1.35. The van der Waals surface area contributed by atoms with Crippen LogP contribution in [0.5, 0.6) is 0 Å². The molecule has 3 nitrogen and oxygen atoms in total. The van der Waals surface area contributed by atoms with Crippen LogP contribution < -0.4 is 5.32 Å². The minimum atomic E-state index is 0.247. The van der Waals surface area contributed by atoms with E-state index in [0.29, 0.717) is 6.54 Å². The normalized spacial score (nSPS) is 15.1. The molecule has 0 spiro atoms. The number of amides is 1. The molecule has 1 aromatic carbocycles. The third-order valence-corrected chi connectivity index (χ3v) is 3.57. The highest BCUT2D eigenvalue weighted by atomic mass is 16.2. The summed E-state index contributed by atoms with van der Waals surface area (Å²) < 4.78 is 0. The number of carbonyl (C=O) groups excluding carboxylic acids is 1. The molecule has 1 saturated heterocycles. The van der Waals surface area contributed by atoms with E-state index in [0.717, 1.165) is 38.9 Å². The number of rotatable bonds is 5. The Labute approximate surface area is 109 Å². The smallest absolute Gasteiger partial charge is 0.236 e. The van der Waals surface area contributed by atoms with Gasteiger partial charge in [0.05, 0.1) is 6.54 Å². The first-order valence-corrected chi connectivity index (χ1v) is 6.80. The summed E-state index contributed by atoms with van der Waals surface area (Å²) in [6.07, 6.45) is 3.31. The lowest BCUT2D eigenvalue weighted by molar-refractivity contribution is -0.129. The summed E-state index contributed by atoms with van der Waals surface area (Å²) >= 11 is 0. The van der Waals surface area contributed by atoms with Gasteiger partial charge in [0.2, 0.25) is 5.91 Å². The van der Waals surface area contributed by atoms with Crippen LogP contribution in [0.1, 0.15) is 24.0 Å². The van der Waals surface area contributed by atoms with Crippen molar-refractivity contribution < 1.29 is 4.79 Å². The summed E-state index contributed by atoms with van der Waals surface area (Å²) in [6, 6.07) is 8.41. The third-order valence-electron chi connectivity index (χ3n) is 3.57. The molecule has 1 aliphatic rings. The number of benzene rings is 1. The highest BCUT2D eigenvalue weighted by Crippen LogP contribution is 2.08. The van der Waals surface area contributed by atoms with Crippen LogP contribution in [0, 0.1) is 6.92 Å². The number of aryl methyl sites for hydroxylation is 1. The van der Waals surface area contributed by atoms with Gasteiger partial charge in [-0.05, 0) is 43.9 Å². The number of nitrogens with one attached hydrogen (secondary N) is 1. The van der Waals surface area contributed by atoms with Crippen molar-refractivity contribution >= 4 is 5.91 Å². The van der Waals surface area contributed by atoms with Crippen LogP contribution in [-0.4, -0.2) is 37.0 Å². The minimum absolute atomic E-state index is 0.247. The quantitative estimate of drug-likeness (QED) is 0.803. The predicted molar refractivity (Wildman–Crippen MR) is 73.6 cm³/mol. The topological polar surface area (TPSA) is 32.3 Å². The molecule has 1 amide bonds. The van der Waals surface area contributed by atoms with Gasteiger partial charge in [-0.1, -0.05) is 24.3 Å². The molecule has 0 bridgehead atoms. The summed E-state index contributed by atoms with van der Waals surface area (Å²) in [7, 11) is 0. The van der Waals surface area contributed by atoms with Gasteiger partial charge in [0, 0.05) is 13.1 Å². The van der Waals surface area contributed by atoms with Crippen molar-refractivity contribution in [3.05, 3.63) is 35.4 Å². The second-order valence-corrected chi connectivity index (χ2v) is 4.94. The Balaban J connectivity index is 1.67. The fraction of sp³-hybridized carbons (Fsp3) is 0.533. The Bertz CT molecular complexity index is 397. The lowest BCUT2D eigenvalue weighted by Gasteiger charge is -2.15. The van der Waals surface area contributed by atoms with Gasteiger partial charge in [-0.15, -0.1) is 0 Å². The molecule has 0 aliphatic carbocycles. The van der Waals surface area contributed by atoms with Gasteiger partial charge in [0.15, 0.2) is 0 Å². The molecule has 0 unspecified atom stereocenters. The number of hydrogen-bond donors (Lipinski definition) is 1. The Morgan fingerprint density at radius 3 is 2.72 bits per heavy atom. The summed E-state index contributed by atoms with van der Waals surface area (Å²) in [5.41, 5.74) is 2.68. The molecule has 3 heteroatoms. The van der Waals surface area contributed by atoms with Crippen LogP contribution in [0.2, 0.25) is 0 Å². The average molecular weight is 246 g/mol. The zero-order valence-corrected chi connectivity index (χ0v) is 11.1. The van der Waals surface area contributed by atoms with Crippen LogP contribution in [-0.2, 0) is 11.2 Å². The number of likely N-dealkylation sites (tertiary alicyclic amines) is 1. The first-order valence-electron chi connectivity index (χ1n) is 6.80. The maximum absolute atomic E-state index is 11.8. The van der Waals surface area contributed by atoms with E-state index in [4.69, 9.17) is 0 Å². The van der Waals surface area contributed by atoms with Crippen molar-refractivity contribution in [2.75, 3.05) is 26.2 Å². The van der Waals surface area contributed by atoms with E-state index in [-0.39, 0.29) is 5.91 Å². The molecule has 1 heterocycles. The molecular formula is C15H22N2O. The monoisotopic (exact) mass is 246 g/mol. The molecule has 0 aromatic heterocycles. The van der Waals surface area contributed by atoms with Gasteiger partial charge < -0.3 is 10.2 Å². The highest BCUT2D eigenvalue weighted by Gasteiger charge is 2.16. The van der Waals surface area contributed by atoms with E-state index in [1.54, 1.807) is 0 Å². The van der Waals surface area contributed by atoms with Crippen molar-refractivity contribution in [3.8, 4) is 0 Å². The van der Waals surface area contributed by atoms with Gasteiger partial charge in [0.1, 0.15) is 0 Å². The van der Waals surface area contributed by atoms with Crippen LogP contribution in [0.3, 0.4) is 0 Å². The molecule has 98 valence electrons. The number of nitrogens with zero attached hydrogens (tertiary/aromatic N) is 1. The first-order chi connectivity index (χ1) is 8.77. The predicted octanol–water partition coefficient (Wildman–Crippen LogP) is 1.75. The number of hydrogen-bond acceptors (Lipinski definition) is 2. The highest BCUT2D eigenvalue weighted by molar-refractivity contribution is 5.78. The lowest BCUT2D eigenvalue weighted by atomic mass is 10.1. The van der Waals surface area contributed by atoms with Crippen molar-refractivity contribution in [1.82, 2.24) is 10.2 Å². The SMILES string of the molecule is Cc1ccccc1CCNCC(=O)N1CCCC1. The molecule has 0 saturated carbocycles. The van der Waals surface area contributed by atoms with Crippen molar-refractivity contribution in [2.45, 2.75) is 26.2 Å². The van der Waals surface area contributed by atoms with E-state index >= 15 is 0 Å². The fourth-order valence-electron chi connectivity index (χ4n) is 2.39.